The van der Waals surface area contributed by atoms with Crippen molar-refractivity contribution in [2.24, 2.45) is 0 Å². The van der Waals surface area contributed by atoms with E-state index in [-0.39, 0.29) is 5.54 Å². The summed E-state index contributed by atoms with van der Waals surface area (Å²) >= 11 is 7.82. The maximum atomic E-state index is 6.05. The summed E-state index contributed by atoms with van der Waals surface area (Å²) in [4.78, 5) is 5.84. The molecule has 1 aromatic rings. The summed E-state index contributed by atoms with van der Waals surface area (Å²) in [5.41, 5.74) is 1.21. The van der Waals surface area contributed by atoms with Crippen molar-refractivity contribution in [1.82, 2.24) is 10.3 Å². The van der Waals surface area contributed by atoms with E-state index in [2.05, 4.69) is 38.0 Å². The number of thiazole rings is 1. The van der Waals surface area contributed by atoms with Gasteiger partial charge in [0.05, 0.1) is 5.69 Å². The van der Waals surface area contributed by atoms with Crippen molar-refractivity contribution < 1.29 is 0 Å². The summed E-state index contributed by atoms with van der Waals surface area (Å²) in [6.07, 6.45) is 2.10. The Balaban J connectivity index is 2.62. The second-order valence-corrected chi connectivity index (χ2v) is 5.78. The minimum atomic E-state index is 0.0645. The zero-order valence-electron chi connectivity index (χ0n) is 10.6. The van der Waals surface area contributed by atoms with Crippen LogP contribution >= 0.6 is 22.9 Å². The lowest BCUT2D eigenvalue weighted by atomic mass is 9.95. The highest BCUT2D eigenvalue weighted by Gasteiger charge is 2.24. The topological polar surface area (TPSA) is 24.9 Å². The molecule has 4 heteroatoms. The number of halogens is 1. The van der Waals surface area contributed by atoms with E-state index in [1.807, 2.05) is 0 Å². The number of alkyl halides is 1. The highest BCUT2D eigenvalue weighted by molar-refractivity contribution is 7.11. The zero-order chi connectivity index (χ0) is 12.2. The lowest BCUT2D eigenvalue weighted by molar-refractivity contribution is 0.334. The first-order chi connectivity index (χ1) is 7.56. The van der Waals surface area contributed by atoms with E-state index in [0.29, 0.717) is 5.88 Å². The average molecular weight is 261 g/mol. The van der Waals surface area contributed by atoms with Crippen molar-refractivity contribution in [3.8, 4) is 0 Å². The highest BCUT2D eigenvalue weighted by Crippen LogP contribution is 2.20. The molecule has 16 heavy (non-hydrogen) atoms. The number of hydrogen-bond acceptors (Lipinski definition) is 3. The van der Waals surface area contributed by atoms with Crippen molar-refractivity contribution >= 4 is 22.9 Å². The zero-order valence-corrected chi connectivity index (χ0v) is 12.1. The summed E-state index contributed by atoms with van der Waals surface area (Å²) in [5.74, 6) is 0.656. The molecule has 1 rings (SSSR count). The average Bonchev–Trinajstić information content (AvgIpc) is 2.61. The quantitative estimate of drug-likeness (QED) is 0.790. The smallest absolute Gasteiger partial charge is 0.107 e. The third kappa shape index (κ3) is 3.19. The lowest BCUT2D eigenvalue weighted by Crippen LogP contribution is -2.45. The summed E-state index contributed by atoms with van der Waals surface area (Å²) < 4.78 is 0. The number of nitrogens with zero attached hydrogens (tertiary/aromatic N) is 1. The molecule has 0 radical (unpaired) electrons. The van der Waals surface area contributed by atoms with E-state index < -0.39 is 0 Å². The van der Waals surface area contributed by atoms with Crippen molar-refractivity contribution in [2.45, 2.75) is 52.6 Å². The van der Waals surface area contributed by atoms with Gasteiger partial charge >= 0.3 is 0 Å². The molecule has 1 N–H and O–H groups in total. The van der Waals surface area contributed by atoms with Crippen LogP contribution < -0.4 is 5.32 Å². The molecule has 0 fully saturated rings. The van der Waals surface area contributed by atoms with Gasteiger partial charge in [-0.3, -0.25) is 0 Å². The second kappa shape index (κ2) is 5.99. The summed E-state index contributed by atoms with van der Waals surface area (Å²) in [6, 6.07) is 0. The van der Waals surface area contributed by atoms with Crippen LogP contribution in [0.25, 0.3) is 0 Å². The van der Waals surface area contributed by atoms with Crippen LogP contribution in [0.1, 0.15) is 42.3 Å². The summed E-state index contributed by atoms with van der Waals surface area (Å²) in [6.45, 7) is 9.36. The number of nitrogens with one attached hydrogen (secondary N) is 1. The van der Waals surface area contributed by atoms with Crippen LogP contribution in [0.15, 0.2) is 0 Å². The molecule has 0 aromatic carbocycles. The van der Waals surface area contributed by atoms with E-state index in [1.165, 1.54) is 4.88 Å². The van der Waals surface area contributed by atoms with Gasteiger partial charge in [-0.15, -0.1) is 22.9 Å². The van der Waals surface area contributed by atoms with Crippen molar-refractivity contribution in [2.75, 3.05) is 5.88 Å². The van der Waals surface area contributed by atoms with Gasteiger partial charge in [-0.2, -0.15) is 0 Å². The van der Waals surface area contributed by atoms with Crippen LogP contribution in [-0.4, -0.2) is 16.4 Å². The SMILES string of the molecule is CCC(CC)(CCl)NCc1nc(C)c(C)s1. The Hall–Kier alpha value is -0.120. The van der Waals surface area contributed by atoms with Crippen molar-refractivity contribution in [3.63, 3.8) is 0 Å². The van der Waals surface area contributed by atoms with Gasteiger partial charge < -0.3 is 5.32 Å². The first-order valence-electron chi connectivity index (χ1n) is 5.80. The van der Waals surface area contributed by atoms with Crippen molar-refractivity contribution in [3.05, 3.63) is 15.6 Å². The van der Waals surface area contributed by atoms with Crippen LogP contribution in [0, 0.1) is 13.8 Å². The standard InChI is InChI=1S/C12H21ClN2S/c1-5-12(6-2,8-13)14-7-11-15-9(3)10(4)16-11/h14H,5-8H2,1-4H3. The molecule has 0 spiro atoms. The van der Waals surface area contributed by atoms with Gasteiger partial charge in [0.15, 0.2) is 0 Å². The fraction of sp³-hybridized carbons (Fsp3) is 0.750. The van der Waals surface area contributed by atoms with Crippen LogP contribution in [0.2, 0.25) is 0 Å². The minimum Gasteiger partial charge on any atom is -0.304 e. The number of aromatic nitrogens is 1. The van der Waals surface area contributed by atoms with Gasteiger partial charge in [0.1, 0.15) is 5.01 Å². The highest BCUT2D eigenvalue weighted by atomic mass is 35.5. The first-order valence-corrected chi connectivity index (χ1v) is 7.16. The summed E-state index contributed by atoms with van der Waals surface area (Å²) in [5, 5.41) is 4.71. The largest absolute Gasteiger partial charge is 0.304 e. The molecule has 0 atom stereocenters. The normalized spacial score (nSPS) is 12.1. The lowest BCUT2D eigenvalue weighted by Gasteiger charge is -2.30. The fourth-order valence-electron chi connectivity index (χ4n) is 1.61. The van der Waals surface area contributed by atoms with Gasteiger partial charge in [-0.05, 0) is 26.7 Å². The number of hydrogen-bond donors (Lipinski definition) is 1. The molecule has 0 saturated heterocycles. The molecule has 2 nitrogen and oxygen atoms in total. The Kier molecular flexibility index (Phi) is 5.22. The molecular formula is C12H21ClN2S. The van der Waals surface area contributed by atoms with Crippen molar-refractivity contribution in [1.29, 1.82) is 0 Å². The summed E-state index contributed by atoms with van der Waals surface area (Å²) in [7, 11) is 0. The first kappa shape index (κ1) is 13.9. The molecule has 0 aliphatic rings. The van der Waals surface area contributed by atoms with Gasteiger partial charge in [0.25, 0.3) is 0 Å². The van der Waals surface area contributed by atoms with E-state index in [4.69, 9.17) is 11.6 Å². The van der Waals surface area contributed by atoms with Crippen LogP contribution in [0.3, 0.4) is 0 Å². The van der Waals surface area contributed by atoms with Crippen LogP contribution in [-0.2, 0) is 6.54 Å². The third-order valence-electron chi connectivity index (χ3n) is 3.30. The van der Waals surface area contributed by atoms with Crippen LogP contribution in [0.4, 0.5) is 0 Å². The molecule has 92 valence electrons. The third-order valence-corrected chi connectivity index (χ3v) is 4.88. The molecule has 1 heterocycles. The molecular weight excluding hydrogens is 240 g/mol. The maximum absolute atomic E-state index is 6.05. The Labute approximate surface area is 107 Å². The van der Waals surface area contributed by atoms with Gasteiger partial charge in [0.2, 0.25) is 0 Å². The van der Waals surface area contributed by atoms with Gasteiger partial charge in [-0.1, -0.05) is 13.8 Å². The fourth-order valence-corrected chi connectivity index (χ4v) is 2.96. The molecule has 0 unspecified atom stereocenters. The van der Waals surface area contributed by atoms with Gasteiger partial charge in [0, 0.05) is 22.8 Å². The van der Waals surface area contributed by atoms with Crippen LogP contribution in [0.5, 0.6) is 0 Å². The molecule has 0 bridgehead atoms. The van der Waals surface area contributed by atoms with E-state index >= 15 is 0 Å². The Bertz CT molecular complexity index is 304. The molecule has 0 amide bonds. The second-order valence-electron chi connectivity index (χ2n) is 4.22. The maximum Gasteiger partial charge on any atom is 0.107 e. The number of rotatable bonds is 6. The van der Waals surface area contributed by atoms with Gasteiger partial charge in [-0.25, -0.2) is 4.98 Å². The Morgan fingerprint density at radius 3 is 2.31 bits per heavy atom. The van der Waals surface area contributed by atoms with E-state index in [9.17, 15) is 0 Å². The Morgan fingerprint density at radius 2 is 1.94 bits per heavy atom. The molecule has 0 aliphatic heterocycles. The predicted molar refractivity (Wildman–Crippen MR) is 72.5 cm³/mol. The molecule has 1 aromatic heterocycles. The van der Waals surface area contributed by atoms with E-state index in [0.717, 1.165) is 30.1 Å². The molecule has 0 saturated carbocycles. The predicted octanol–water partition coefficient (Wildman–Crippen LogP) is 3.65. The number of aryl methyl sites for hydroxylation is 2. The monoisotopic (exact) mass is 260 g/mol. The van der Waals surface area contributed by atoms with E-state index in [1.54, 1.807) is 11.3 Å². The molecule has 0 aliphatic carbocycles. The Morgan fingerprint density at radius 1 is 1.31 bits per heavy atom. The minimum absolute atomic E-state index is 0.0645.